The molecule has 2 heterocycles. The molecule has 1 aliphatic rings. The van der Waals surface area contributed by atoms with Crippen LogP contribution in [-0.4, -0.2) is 28.0 Å². The monoisotopic (exact) mass is 363 g/mol. The number of hydrogen-bond donors (Lipinski definition) is 1. The average Bonchev–Trinajstić information content (AvgIpc) is 3.31. The zero-order chi connectivity index (χ0) is 19.0. The van der Waals surface area contributed by atoms with Crippen LogP contribution in [0.2, 0.25) is 0 Å². The van der Waals surface area contributed by atoms with Crippen molar-refractivity contribution in [2.24, 2.45) is 13.0 Å². The predicted octanol–water partition coefficient (Wildman–Crippen LogP) is 3.36. The SMILES string of the molecule is Cc1onc(-c2ccccc2)c1C(=O)c1cc(C(=O)NCC2CC2)n(C)c1. The fourth-order valence-electron chi connectivity index (χ4n) is 3.14. The number of carbonyl (C=O) groups excluding carboxylic acids is 2. The van der Waals surface area contributed by atoms with E-state index in [0.29, 0.717) is 40.7 Å². The van der Waals surface area contributed by atoms with Gasteiger partial charge in [-0.25, -0.2) is 0 Å². The van der Waals surface area contributed by atoms with E-state index >= 15 is 0 Å². The summed E-state index contributed by atoms with van der Waals surface area (Å²) in [5.74, 6) is 0.698. The van der Waals surface area contributed by atoms with E-state index in [0.717, 1.165) is 5.56 Å². The highest BCUT2D eigenvalue weighted by Crippen LogP contribution is 2.29. The molecule has 6 nitrogen and oxygen atoms in total. The standard InChI is InChI=1S/C21H21N3O3/c1-13-18(19(23-27-13)15-6-4-3-5-7-15)20(25)16-10-17(24(2)12-16)21(26)22-11-14-8-9-14/h3-7,10,12,14H,8-9,11H2,1-2H3,(H,22,26). The second-order valence-electron chi connectivity index (χ2n) is 7.04. The van der Waals surface area contributed by atoms with Crippen LogP contribution >= 0.6 is 0 Å². The molecule has 6 heteroatoms. The second-order valence-corrected chi connectivity index (χ2v) is 7.04. The van der Waals surface area contributed by atoms with E-state index in [-0.39, 0.29) is 11.7 Å². The minimum atomic E-state index is -0.204. The van der Waals surface area contributed by atoms with E-state index in [1.165, 1.54) is 12.8 Å². The van der Waals surface area contributed by atoms with Crippen LogP contribution in [0, 0.1) is 12.8 Å². The third kappa shape index (κ3) is 3.43. The number of amides is 1. The van der Waals surface area contributed by atoms with Gasteiger partial charge in [0.05, 0.1) is 5.56 Å². The van der Waals surface area contributed by atoms with Gasteiger partial charge in [-0.05, 0) is 31.7 Å². The first-order valence-electron chi connectivity index (χ1n) is 9.05. The van der Waals surface area contributed by atoms with Gasteiger partial charge in [-0.2, -0.15) is 0 Å². The summed E-state index contributed by atoms with van der Waals surface area (Å²) < 4.78 is 6.97. The van der Waals surface area contributed by atoms with Crippen LogP contribution in [0.1, 0.15) is 45.0 Å². The lowest BCUT2D eigenvalue weighted by Crippen LogP contribution is -2.27. The van der Waals surface area contributed by atoms with Crippen LogP contribution in [0.15, 0.2) is 47.1 Å². The van der Waals surface area contributed by atoms with Gasteiger partial charge in [0.15, 0.2) is 5.78 Å². The second kappa shape index (κ2) is 6.87. The highest BCUT2D eigenvalue weighted by Gasteiger charge is 2.26. The lowest BCUT2D eigenvalue weighted by molar-refractivity contribution is 0.0943. The summed E-state index contributed by atoms with van der Waals surface area (Å²) in [6, 6.07) is 11.1. The van der Waals surface area contributed by atoms with Gasteiger partial charge in [0, 0.05) is 30.9 Å². The van der Waals surface area contributed by atoms with Crippen molar-refractivity contribution in [3.63, 3.8) is 0 Å². The maximum absolute atomic E-state index is 13.1. The first-order chi connectivity index (χ1) is 13.0. The van der Waals surface area contributed by atoms with Crippen molar-refractivity contribution < 1.29 is 14.1 Å². The van der Waals surface area contributed by atoms with Crippen molar-refractivity contribution in [1.29, 1.82) is 0 Å². The van der Waals surface area contributed by atoms with Gasteiger partial charge < -0.3 is 14.4 Å². The smallest absolute Gasteiger partial charge is 0.267 e. The van der Waals surface area contributed by atoms with E-state index in [9.17, 15) is 9.59 Å². The molecule has 1 N–H and O–H groups in total. The molecule has 0 atom stereocenters. The lowest BCUT2D eigenvalue weighted by atomic mass is 9.99. The number of nitrogens with zero attached hydrogens (tertiary/aromatic N) is 2. The molecular formula is C21H21N3O3. The lowest BCUT2D eigenvalue weighted by Gasteiger charge is -2.04. The minimum absolute atomic E-state index is 0.159. The van der Waals surface area contributed by atoms with Gasteiger partial charge in [-0.3, -0.25) is 9.59 Å². The molecule has 1 aliphatic carbocycles. The Bertz CT molecular complexity index is 997. The topological polar surface area (TPSA) is 77.1 Å². The summed E-state index contributed by atoms with van der Waals surface area (Å²) in [7, 11) is 1.77. The van der Waals surface area contributed by atoms with Crippen LogP contribution in [0.25, 0.3) is 11.3 Å². The number of ketones is 1. The summed E-state index contributed by atoms with van der Waals surface area (Å²) >= 11 is 0. The van der Waals surface area contributed by atoms with Crippen molar-refractivity contribution in [2.45, 2.75) is 19.8 Å². The molecule has 138 valence electrons. The van der Waals surface area contributed by atoms with Crippen molar-refractivity contribution in [2.75, 3.05) is 6.54 Å². The van der Waals surface area contributed by atoms with Gasteiger partial charge in [0.25, 0.3) is 5.91 Å². The Morgan fingerprint density at radius 3 is 2.70 bits per heavy atom. The fraction of sp³-hybridized carbons (Fsp3) is 0.286. The summed E-state index contributed by atoms with van der Waals surface area (Å²) in [5, 5.41) is 7.01. The summed E-state index contributed by atoms with van der Waals surface area (Å²) in [5.41, 5.74) is 2.67. The molecular weight excluding hydrogens is 342 g/mol. The highest BCUT2D eigenvalue weighted by atomic mass is 16.5. The van der Waals surface area contributed by atoms with Crippen LogP contribution in [-0.2, 0) is 7.05 Å². The Morgan fingerprint density at radius 1 is 1.26 bits per heavy atom. The third-order valence-corrected chi connectivity index (χ3v) is 4.89. The zero-order valence-corrected chi connectivity index (χ0v) is 15.4. The maximum Gasteiger partial charge on any atom is 0.267 e. The number of aryl methyl sites for hydroxylation is 2. The first-order valence-corrected chi connectivity index (χ1v) is 9.05. The van der Waals surface area contributed by atoms with Crippen molar-refractivity contribution in [3.8, 4) is 11.3 Å². The number of rotatable bonds is 6. The van der Waals surface area contributed by atoms with Gasteiger partial charge in [-0.1, -0.05) is 35.5 Å². The number of hydrogen-bond acceptors (Lipinski definition) is 4. The Balaban J connectivity index is 1.63. The maximum atomic E-state index is 13.1. The van der Waals surface area contributed by atoms with Crippen LogP contribution in [0.4, 0.5) is 0 Å². The van der Waals surface area contributed by atoms with Gasteiger partial charge in [0.1, 0.15) is 17.1 Å². The Morgan fingerprint density at radius 2 is 2.00 bits per heavy atom. The Labute approximate surface area is 157 Å². The number of benzene rings is 1. The molecule has 0 bridgehead atoms. The summed E-state index contributed by atoms with van der Waals surface area (Å²) in [4.78, 5) is 25.5. The molecule has 3 aromatic rings. The Hall–Kier alpha value is -3.15. The molecule has 1 saturated carbocycles. The Kier molecular flexibility index (Phi) is 4.39. The molecule has 4 rings (SSSR count). The van der Waals surface area contributed by atoms with Crippen molar-refractivity contribution in [3.05, 3.63) is 65.2 Å². The molecule has 27 heavy (non-hydrogen) atoms. The molecule has 0 aliphatic heterocycles. The highest BCUT2D eigenvalue weighted by molar-refractivity contribution is 6.13. The molecule has 0 radical (unpaired) electrons. The van der Waals surface area contributed by atoms with E-state index in [2.05, 4.69) is 10.5 Å². The molecule has 0 spiro atoms. The largest absolute Gasteiger partial charge is 0.360 e. The van der Waals surface area contributed by atoms with Crippen LogP contribution in [0.3, 0.4) is 0 Å². The van der Waals surface area contributed by atoms with E-state index in [1.807, 2.05) is 30.3 Å². The molecule has 0 saturated heterocycles. The summed E-state index contributed by atoms with van der Waals surface area (Å²) in [6.07, 6.45) is 4.02. The summed E-state index contributed by atoms with van der Waals surface area (Å²) in [6.45, 7) is 2.41. The van der Waals surface area contributed by atoms with Gasteiger partial charge in [-0.15, -0.1) is 0 Å². The number of nitrogens with one attached hydrogen (secondary N) is 1. The predicted molar refractivity (Wildman–Crippen MR) is 101 cm³/mol. The molecule has 2 aromatic heterocycles. The van der Waals surface area contributed by atoms with Crippen LogP contribution in [0.5, 0.6) is 0 Å². The molecule has 1 aromatic carbocycles. The normalized spacial score (nSPS) is 13.6. The van der Waals surface area contributed by atoms with E-state index in [4.69, 9.17) is 4.52 Å². The quantitative estimate of drug-likeness (QED) is 0.681. The zero-order valence-electron chi connectivity index (χ0n) is 15.4. The fourth-order valence-corrected chi connectivity index (χ4v) is 3.14. The van der Waals surface area contributed by atoms with Gasteiger partial charge >= 0.3 is 0 Å². The van der Waals surface area contributed by atoms with Gasteiger partial charge in [0.2, 0.25) is 0 Å². The molecule has 0 unspecified atom stereocenters. The van der Waals surface area contributed by atoms with E-state index in [1.54, 1.807) is 30.8 Å². The number of aromatic nitrogens is 2. The molecule has 1 amide bonds. The van der Waals surface area contributed by atoms with Crippen molar-refractivity contribution in [1.82, 2.24) is 15.0 Å². The molecule has 1 fully saturated rings. The van der Waals surface area contributed by atoms with Crippen molar-refractivity contribution >= 4 is 11.7 Å². The van der Waals surface area contributed by atoms with Crippen LogP contribution < -0.4 is 5.32 Å². The third-order valence-electron chi connectivity index (χ3n) is 4.89. The van der Waals surface area contributed by atoms with E-state index < -0.39 is 0 Å². The minimum Gasteiger partial charge on any atom is -0.360 e. The first kappa shape index (κ1) is 17.3. The average molecular weight is 363 g/mol. The number of carbonyl (C=O) groups is 2.